The van der Waals surface area contributed by atoms with Crippen LogP contribution in [0.25, 0.3) is 5.78 Å². The molecular weight excluding hydrogens is 326 g/mol. The molecule has 0 aliphatic carbocycles. The third kappa shape index (κ3) is 4.07. The fourth-order valence-electron chi connectivity index (χ4n) is 3.22. The summed E-state index contributed by atoms with van der Waals surface area (Å²) in [6.07, 6.45) is 3.53. The molecule has 1 amide bonds. The Bertz CT molecular complexity index is 888. The zero-order valence-corrected chi connectivity index (χ0v) is 15.6. The van der Waals surface area contributed by atoms with Crippen LogP contribution >= 0.6 is 0 Å². The minimum absolute atomic E-state index is 0.0720. The van der Waals surface area contributed by atoms with Crippen LogP contribution in [0.4, 0.5) is 0 Å². The average molecular weight is 351 g/mol. The van der Waals surface area contributed by atoms with Crippen molar-refractivity contribution in [2.75, 3.05) is 6.54 Å². The van der Waals surface area contributed by atoms with Gasteiger partial charge in [0.15, 0.2) is 0 Å². The Morgan fingerprint density at radius 1 is 1.23 bits per heavy atom. The van der Waals surface area contributed by atoms with Gasteiger partial charge < -0.3 is 5.32 Å². The van der Waals surface area contributed by atoms with Gasteiger partial charge in [0.2, 0.25) is 5.91 Å². The highest BCUT2D eigenvalue weighted by atomic mass is 16.1. The van der Waals surface area contributed by atoms with Gasteiger partial charge in [-0.05, 0) is 43.7 Å². The number of aryl methyl sites for hydroxylation is 2. The van der Waals surface area contributed by atoms with Crippen LogP contribution in [0.15, 0.2) is 36.7 Å². The van der Waals surface area contributed by atoms with E-state index in [1.807, 2.05) is 19.9 Å². The molecule has 1 N–H and O–H groups in total. The van der Waals surface area contributed by atoms with E-state index >= 15 is 0 Å². The van der Waals surface area contributed by atoms with E-state index in [0.29, 0.717) is 31.1 Å². The maximum atomic E-state index is 12.2. The lowest BCUT2D eigenvalue weighted by Crippen LogP contribution is -2.25. The second-order valence-electron chi connectivity index (χ2n) is 6.68. The molecule has 1 atom stereocenters. The normalized spacial score (nSPS) is 12.3. The van der Waals surface area contributed by atoms with Crippen molar-refractivity contribution in [2.45, 2.75) is 46.0 Å². The summed E-state index contributed by atoms with van der Waals surface area (Å²) in [6, 6.07) is 10.4. The minimum atomic E-state index is 0.0720. The average Bonchev–Trinajstić information content (AvgIpc) is 3.10. The van der Waals surface area contributed by atoms with Gasteiger partial charge in [-0.15, -0.1) is 0 Å². The Hall–Kier alpha value is -2.76. The summed E-state index contributed by atoms with van der Waals surface area (Å²) >= 11 is 0. The second kappa shape index (κ2) is 8.08. The minimum Gasteiger partial charge on any atom is -0.356 e. The first-order chi connectivity index (χ1) is 12.6. The summed E-state index contributed by atoms with van der Waals surface area (Å²) in [6.45, 7) is 6.82. The molecule has 0 radical (unpaired) electrons. The summed E-state index contributed by atoms with van der Waals surface area (Å²) < 4.78 is 1.72. The predicted octanol–water partition coefficient (Wildman–Crippen LogP) is 2.98. The number of fused-ring (bicyclic) bond motifs is 1. The van der Waals surface area contributed by atoms with Crippen LogP contribution < -0.4 is 5.32 Å². The number of carbonyl (C=O) groups excluding carboxylic acids is 1. The van der Waals surface area contributed by atoms with Crippen LogP contribution in [0.1, 0.15) is 48.2 Å². The van der Waals surface area contributed by atoms with Gasteiger partial charge in [0, 0.05) is 24.4 Å². The highest BCUT2D eigenvalue weighted by molar-refractivity contribution is 5.76. The fourth-order valence-corrected chi connectivity index (χ4v) is 3.22. The van der Waals surface area contributed by atoms with Gasteiger partial charge in [-0.2, -0.15) is 10.1 Å². The van der Waals surface area contributed by atoms with Crippen molar-refractivity contribution in [1.29, 1.82) is 0 Å². The molecule has 0 aliphatic rings. The van der Waals surface area contributed by atoms with Crippen molar-refractivity contribution in [3.8, 4) is 0 Å². The van der Waals surface area contributed by atoms with E-state index in [-0.39, 0.29) is 5.91 Å². The van der Waals surface area contributed by atoms with Crippen LogP contribution in [0.3, 0.4) is 0 Å². The molecule has 0 saturated carbocycles. The van der Waals surface area contributed by atoms with Crippen molar-refractivity contribution in [2.24, 2.45) is 0 Å². The van der Waals surface area contributed by atoms with Crippen molar-refractivity contribution in [3.63, 3.8) is 0 Å². The zero-order valence-electron chi connectivity index (χ0n) is 15.6. The van der Waals surface area contributed by atoms with Crippen LogP contribution in [0.5, 0.6) is 0 Å². The number of aromatic nitrogens is 4. The van der Waals surface area contributed by atoms with Crippen LogP contribution in [-0.4, -0.2) is 32.0 Å². The molecular formula is C20H25N5O. The molecule has 1 aromatic carbocycles. The molecule has 3 aromatic rings. The predicted molar refractivity (Wildman–Crippen MR) is 101 cm³/mol. The Kier molecular flexibility index (Phi) is 5.61. The monoisotopic (exact) mass is 351 g/mol. The molecule has 0 saturated heterocycles. The molecule has 3 rings (SSSR count). The van der Waals surface area contributed by atoms with Crippen LogP contribution in [-0.2, 0) is 11.2 Å². The third-order valence-corrected chi connectivity index (χ3v) is 4.86. The van der Waals surface area contributed by atoms with Crippen LogP contribution in [0.2, 0.25) is 0 Å². The van der Waals surface area contributed by atoms with Crippen LogP contribution in [0, 0.1) is 13.8 Å². The summed E-state index contributed by atoms with van der Waals surface area (Å²) in [5, 5.41) is 7.22. The van der Waals surface area contributed by atoms with Gasteiger partial charge >= 0.3 is 0 Å². The molecule has 6 nitrogen and oxygen atoms in total. The van der Waals surface area contributed by atoms with E-state index in [9.17, 15) is 4.79 Å². The number of carbonyl (C=O) groups is 1. The number of hydrogen-bond donors (Lipinski definition) is 1. The van der Waals surface area contributed by atoms with Gasteiger partial charge in [-0.1, -0.05) is 37.3 Å². The van der Waals surface area contributed by atoms with Gasteiger partial charge in [-0.3, -0.25) is 4.79 Å². The largest absolute Gasteiger partial charge is 0.356 e. The molecule has 2 aromatic heterocycles. The lowest BCUT2D eigenvalue weighted by molar-refractivity contribution is -0.121. The second-order valence-corrected chi connectivity index (χ2v) is 6.68. The summed E-state index contributed by atoms with van der Waals surface area (Å²) in [7, 11) is 0. The Morgan fingerprint density at radius 2 is 2.00 bits per heavy atom. The highest BCUT2D eigenvalue weighted by Gasteiger charge is 2.13. The first kappa shape index (κ1) is 18.0. The van der Waals surface area contributed by atoms with Crippen molar-refractivity contribution >= 4 is 11.7 Å². The lowest BCUT2D eigenvalue weighted by Gasteiger charge is -2.13. The van der Waals surface area contributed by atoms with E-state index in [2.05, 4.69) is 51.6 Å². The quantitative estimate of drug-likeness (QED) is 0.710. The van der Waals surface area contributed by atoms with Crippen molar-refractivity contribution in [3.05, 3.63) is 59.2 Å². The molecule has 0 aliphatic heterocycles. The molecule has 2 heterocycles. The molecule has 6 heteroatoms. The number of benzene rings is 1. The standard InChI is InChI=1S/C20H25N5O/c1-14(17-7-5-4-6-8-17)11-12-21-19(26)10-9-18-15(2)24-20-22-13-23-25(20)16(18)3/h4-8,13-14H,9-12H2,1-3H3,(H,21,26)/t14-/m0/s1. The molecule has 136 valence electrons. The molecule has 0 bridgehead atoms. The van der Waals surface area contributed by atoms with Gasteiger partial charge in [0.1, 0.15) is 6.33 Å². The number of rotatable bonds is 7. The molecule has 26 heavy (non-hydrogen) atoms. The third-order valence-electron chi connectivity index (χ3n) is 4.86. The maximum Gasteiger partial charge on any atom is 0.252 e. The topological polar surface area (TPSA) is 72.2 Å². The highest BCUT2D eigenvalue weighted by Crippen LogP contribution is 2.18. The smallest absolute Gasteiger partial charge is 0.252 e. The van der Waals surface area contributed by atoms with E-state index in [0.717, 1.165) is 23.4 Å². The summed E-state index contributed by atoms with van der Waals surface area (Å²) in [4.78, 5) is 20.8. The van der Waals surface area contributed by atoms with Crippen molar-refractivity contribution < 1.29 is 4.79 Å². The van der Waals surface area contributed by atoms with E-state index in [4.69, 9.17) is 0 Å². The maximum absolute atomic E-state index is 12.2. The number of nitrogens with zero attached hydrogens (tertiary/aromatic N) is 4. The first-order valence-electron chi connectivity index (χ1n) is 9.03. The zero-order chi connectivity index (χ0) is 18.5. The SMILES string of the molecule is Cc1nc2ncnn2c(C)c1CCC(=O)NCC[C@H](C)c1ccccc1. The van der Waals surface area contributed by atoms with E-state index in [1.54, 1.807) is 4.52 Å². The Balaban J connectivity index is 1.50. The number of nitrogens with one attached hydrogen (secondary N) is 1. The van der Waals surface area contributed by atoms with E-state index in [1.165, 1.54) is 11.9 Å². The van der Waals surface area contributed by atoms with Gasteiger partial charge in [0.25, 0.3) is 5.78 Å². The first-order valence-corrected chi connectivity index (χ1v) is 9.03. The van der Waals surface area contributed by atoms with Gasteiger partial charge in [0.05, 0.1) is 0 Å². The Morgan fingerprint density at radius 3 is 2.77 bits per heavy atom. The van der Waals surface area contributed by atoms with Gasteiger partial charge in [-0.25, -0.2) is 9.50 Å². The molecule has 0 unspecified atom stereocenters. The van der Waals surface area contributed by atoms with Crippen molar-refractivity contribution in [1.82, 2.24) is 24.9 Å². The van der Waals surface area contributed by atoms with E-state index < -0.39 is 0 Å². The summed E-state index contributed by atoms with van der Waals surface area (Å²) in [5.41, 5.74) is 4.28. The number of amides is 1. The molecule has 0 spiro atoms. The molecule has 0 fully saturated rings. The fraction of sp³-hybridized carbons (Fsp3) is 0.400. The summed E-state index contributed by atoms with van der Waals surface area (Å²) in [5.74, 6) is 1.10. The lowest BCUT2D eigenvalue weighted by atomic mass is 9.98. The Labute approximate surface area is 153 Å². The number of hydrogen-bond acceptors (Lipinski definition) is 4.